The number of nitrogens with one attached hydrogen (secondary N) is 2. The van der Waals surface area contributed by atoms with Gasteiger partial charge in [0.2, 0.25) is 5.95 Å². The molecule has 1 aromatic heterocycles. The van der Waals surface area contributed by atoms with Crippen LogP contribution in [0.3, 0.4) is 0 Å². The highest BCUT2D eigenvalue weighted by molar-refractivity contribution is 6.03. The number of para-hydroxylation sites is 1. The Bertz CT molecular complexity index is 1000. The number of halogens is 2. The second kappa shape index (κ2) is 7.49. The van der Waals surface area contributed by atoms with Crippen molar-refractivity contribution in [3.05, 3.63) is 76.6 Å². The Hall–Kier alpha value is -3.35. The van der Waals surface area contributed by atoms with Crippen LogP contribution in [0.15, 0.2) is 42.5 Å². The molecule has 2 aromatic carbocycles. The van der Waals surface area contributed by atoms with E-state index in [1.165, 1.54) is 6.07 Å². The highest BCUT2D eigenvalue weighted by atomic mass is 19.1. The van der Waals surface area contributed by atoms with E-state index in [0.717, 1.165) is 28.9 Å². The van der Waals surface area contributed by atoms with E-state index in [-0.39, 0.29) is 17.3 Å². The highest BCUT2D eigenvalue weighted by Gasteiger charge is 2.14. The van der Waals surface area contributed by atoms with Gasteiger partial charge < -0.3 is 10.6 Å². The van der Waals surface area contributed by atoms with Crippen molar-refractivity contribution in [2.75, 3.05) is 10.6 Å². The molecule has 0 aliphatic rings. The van der Waals surface area contributed by atoms with Crippen molar-refractivity contribution in [2.24, 2.45) is 0 Å². The van der Waals surface area contributed by atoms with Gasteiger partial charge in [-0.05, 0) is 50.1 Å². The summed E-state index contributed by atoms with van der Waals surface area (Å²) in [6.45, 7) is 5.64. The molecule has 3 rings (SSSR count). The van der Waals surface area contributed by atoms with Crippen molar-refractivity contribution in [3.63, 3.8) is 0 Å². The fourth-order valence-corrected chi connectivity index (χ4v) is 2.64. The van der Waals surface area contributed by atoms with Gasteiger partial charge in [-0.3, -0.25) is 4.79 Å². The van der Waals surface area contributed by atoms with Crippen molar-refractivity contribution in [1.29, 1.82) is 0 Å². The second-order valence-corrected chi connectivity index (χ2v) is 6.19. The average molecular weight is 368 g/mol. The lowest BCUT2D eigenvalue weighted by Crippen LogP contribution is -2.16. The normalized spacial score (nSPS) is 10.6. The monoisotopic (exact) mass is 368 g/mol. The van der Waals surface area contributed by atoms with Gasteiger partial charge in [-0.15, -0.1) is 0 Å². The molecule has 0 unspecified atom stereocenters. The van der Waals surface area contributed by atoms with Crippen molar-refractivity contribution < 1.29 is 13.6 Å². The van der Waals surface area contributed by atoms with E-state index in [2.05, 4.69) is 20.6 Å². The van der Waals surface area contributed by atoms with Gasteiger partial charge in [-0.25, -0.2) is 18.7 Å². The Morgan fingerprint density at radius 3 is 2.33 bits per heavy atom. The summed E-state index contributed by atoms with van der Waals surface area (Å²) in [7, 11) is 0. The van der Waals surface area contributed by atoms with Crippen LogP contribution < -0.4 is 10.6 Å². The Balaban J connectivity index is 1.87. The number of carbonyl (C=O) groups excluding carboxylic acids is 1. The minimum atomic E-state index is -0.858. The molecule has 0 atom stereocenters. The van der Waals surface area contributed by atoms with E-state index in [4.69, 9.17) is 0 Å². The number of amides is 1. The molecule has 0 fully saturated rings. The standard InChI is InChI=1S/C20H18F2N4O/c1-11-5-4-6-12(2)18(11)26-20-23-13(3)9-17(25-20)19(27)24-16-8-7-14(21)10-15(16)22/h4-10H,1-3H3,(H,24,27)(H,23,25,26). The zero-order valence-electron chi connectivity index (χ0n) is 15.1. The second-order valence-electron chi connectivity index (χ2n) is 6.19. The van der Waals surface area contributed by atoms with Crippen LogP contribution in [0.4, 0.5) is 26.1 Å². The predicted octanol–water partition coefficient (Wildman–Crippen LogP) is 4.68. The quantitative estimate of drug-likeness (QED) is 0.702. The number of anilines is 3. The molecule has 3 aromatic rings. The fraction of sp³-hybridized carbons (Fsp3) is 0.150. The minimum absolute atomic E-state index is 0.0694. The predicted molar refractivity (Wildman–Crippen MR) is 100 cm³/mol. The smallest absolute Gasteiger partial charge is 0.274 e. The molecule has 0 spiro atoms. The minimum Gasteiger partial charge on any atom is -0.324 e. The molecule has 7 heteroatoms. The molecular weight excluding hydrogens is 350 g/mol. The molecule has 138 valence electrons. The van der Waals surface area contributed by atoms with E-state index < -0.39 is 17.5 Å². The van der Waals surface area contributed by atoms with Gasteiger partial charge in [0, 0.05) is 17.4 Å². The van der Waals surface area contributed by atoms with Crippen LogP contribution in [0, 0.1) is 32.4 Å². The van der Waals surface area contributed by atoms with Crippen molar-refractivity contribution in [3.8, 4) is 0 Å². The Morgan fingerprint density at radius 1 is 0.963 bits per heavy atom. The van der Waals surface area contributed by atoms with Crippen molar-refractivity contribution in [1.82, 2.24) is 9.97 Å². The van der Waals surface area contributed by atoms with Crippen LogP contribution >= 0.6 is 0 Å². The maximum Gasteiger partial charge on any atom is 0.274 e. The lowest BCUT2D eigenvalue weighted by atomic mass is 10.1. The molecular formula is C20H18F2N4O. The van der Waals surface area contributed by atoms with E-state index in [1.54, 1.807) is 6.92 Å². The van der Waals surface area contributed by atoms with Gasteiger partial charge in [0.25, 0.3) is 5.91 Å². The van der Waals surface area contributed by atoms with Crippen LogP contribution in [0.1, 0.15) is 27.3 Å². The molecule has 1 heterocycles. The summed E-state index contributed by atoms with van der Waals surface area (Å²) < 4.78 is 26.8. The number of aromatic nitrogens is 2. The molecule has 2 N–H and O–H groups in total. The molecule has 0 bridgehead atoms. The van der Waals surface area contributed by atoms with Crippen LogP contribution in [-0.4, -0.2) is 15.9 Å². The molecule has 0 aliphatic heterocycles. The Morgan fingerprint density at radius 2 is 1.67 bits per heavy atom. The van der Waals surface area contributed by atoms with Crippen LogP contribution in [0.2, 0.25) is 0 Å². The molecule has 0 saturated carbocycles. The number of carbonyl (C=O) groups is 1. The zero-order chi connectivity index (χ0) is 19.6. The SMILES string of the molecule is Cc1cc(C(=O)Nc2ccc(F)cc2F)nc(Nc2c(C)cccc2C)n1. The van der Waals surface area contributed by atoms with E-state index in [1.807, 2.05) is 32.0 Å². The van der Waals surface area contributed by atoms with Gasteiger partial charge in [0.15, 0.2) is 0 Å². The number of benzene rings is 2. The summed E-state index contributed by atoms with van der Waals surface area (Å²) in [5, 5.41) is 5.53. The van der Waals surface area contributed by atoms with Gasteiger partial charge in [0.1, 0.15) is 17.3 Å². The Kier molecular flexibility index (Phi) is 5.12. The van der Waals surface area contributed by atoms with E-state index >= 15 is 0 Å². The van der Waals surface area contributed by atoms with Crippen LogP contribution in [0.5, 0.6) is 0 Å². The fourth-order valence-electron chi connectivity index (χ4n) is 2.64. The summed E-state index contributed by atoms with van der Waals surface area (Å²) in [5.74, 6) is -1.93. The number of hydrogen-bond acceptors (Lipinski definition) is 4. The van der Waals surface area contributed by atoms with Crippen LogP contribution in [-0.2, 0) is 0 Å². The average Bonchev–Trinajstić information content (AvgIpc) is 2.60. The third-order valence-electron chi connectivity index (χ3n) is 3.98. The largest absolute Gasteiger partial charge is 0.324 e. The van der Waals surface area contributed by atoms with E-state index in [0.29, 0.717) is 11.8 Å². The summed E-state index contributed by atoms with van der Waals surface area (Å²) >= 11 is 0. The third-order valence-corrected chi connectivity index (χ3v) is 3.98. The zero-order valence-corrected chi connectivity index (χ0v) is 15.1. The Labute approximate surface area is 155 Å². The lowest BCUT2D eigenvalue weighted by molar-refractivity contribution is 0.102. The van der Waals surface area contributed by atoms with E-state index in [9.17, 15) is 13.6 Å². The number of aryl methyl sites for hydroxylation is 3. The first-order valence-electron chi connectivity index (χ1n) is 8.29. The van der Waals surface area contributed by atoms with Gasteiger partial charge in [-0.2, -0.15) is 0 Å². The molecule has 0 radical (unpaired) electrons. The third kappa shape index (κ3) is 4.25. The van der Waals surface area contributed by atoms with Crippen molar-refractivity contribution >= 4 is 23.2 Å². The summed E-state index contributed by atoms with van der Waals surface area (Å²) in [6, 6.07) is 10.3. The first kappa shape index (κ1) is 18.4. The van der Waals surface area contributed by atoms with Gasteiger partial charge >= 0.3 is 0 Å². The first-order valence-corrected chi connectivity index (χ1v) is 8.29. The van der Waals surface area contributed by atoms with Gasteiger partial charge in [-0.1, -0.05) is 18.2 Å². The number of hydrogen-bond donors (Lipinski definition) is 2. The molecule has 1 amide bonds. The molecule has 5 nitrogen and oxygen atoms in total. The topological polar surface area (TPSA) is 66.9 Å². The molecule has 27 heavy (non-hydrogen) atoms. The summed E-state index contributed by atoms with van der Waals surface area (Å²) in [4.78, 5) is 21.0. The maximum atomic E-state index is 13.8. The maximum absolute atomic E-state index is 13.8. The summed E-state index contributed by atoms with van der Waals surface area (Å²) in [6.07, 6.45) is 0. The van der Waals surface area contributed by atoms with Gasteiger partial charge in [0.05, 0.1) is 5.69 Å². The number of nitrogens with zero attached hydrogens (tertiary/aromatic N) is 2. The first-order chi connectivity index (χ1) is 12.8. The highest BCUT2D eigenvalue weighted by Crippen LogP contribution is 2.23. The summed E-state index contributed by atoms with van der Waals surface area (Å²) in [5.41, 5.74) is 3.41. The molecule has 0 aliphatic carbocycles. The molecule has 0 saturated heterocycles. The van der Waals surface area contributed by atoms with Crippen LogP contribution in [0.25, 0.3) is 0 Å². The van der Waals surface area contributed by atoms with Crippen molar-refractivity contribution in [2.45, 2.75) is 20.8 Å². The number of rotatable bonds is 4. The lowest BCUT2D eigenvalue weighted by Gasteiger charge is -2.13.